The third kappa shape index (κ3) is 3.12. The fourth-order valence-electron chi connectivity index (χ4n) is 2.01. The Morgan fingerprint density at radius 3 is 2.50 bits per heavy atom. The number of nitrogens with two attached hydrogens (primary N) is 1. The number of rotatable bonds is 4. The van der Waals surface area contributed by atoms with Crippen molar-refractivity contribution < 1.29 is 13.2 Å². The summed E-state index contributed by atoms with van der Waals surface area (Å²) in [7, 11) is 0. The van der Waals surface area contributed by atoms with Gasteiger partial charge < -0.3 is 0 Å². The topological polar surface area (TPSA) is 38.0 Å². The maximum Gasteiger partial charge on any atom is 0.129 e. The molecule has 0 radical (unpaired) electrons. The monoisotopic (exact) mass is 300 g/mol. The Hall–Kier alpha value is -1.56. The Morgan fingerprint density at radius 1 is 1.10 bits per heavy atom. The molecule has 0 saturated heterocycles. The van der Waals surface area contributed by atoms with Crippen LogP contribution in [-0.4, -0.2) is 0 Å². The van der Waals surface area contributed by atoms with Gasteiger partial charge in [-0.2, -0.15) is 0 Å². The minimum absolute atomic E-state index is 0.0270. The Labute approximate surface area is 119 Å². The van der Waals surface area contributed by atoms with Crippen LogP contribution in [0.25, 0.3) is 0 Å². The van der Waals surface area contributed by atoms with Crippen LogP contribution in [-0.2, 0) is 6.42 Å². The van der Waals surface area contributed by atoms with Crippen LogP contribution in [0.1, 0.15) is 17.2 Å². The summed E-state index contributed by atoms with van der Waals surface area (Å²) in [6, 6.07) is 6.51. The van der Waals surface area contributed by atoms with Gasteiger partial charge in [-0.25, -0.2) is 13.2 Å². The number of hydrogen-bond donors (Lipinski definition) is 2. The van der Waals surface area contributed by atoms with Gasteiger partial charge in [0.25, 0.3) is 0 Å². The molecule has 0 aromatic heterocycles. The molecule has 2 rings (SSSR count). The number of halogens is 4. The Bertz CT molecular complexity index is 599. The standard InChI is InChI=1S/C14H12ClF3N2/c15-10-2-1-3-12(18)14(10)13(20-19)7-8-6-9(16)4-5-11(8)17/h1-6,13,20H,7,19H2. The molecule has 1 atom stereocenters. The molecule has 106 valence electrons. The van der Waals surface area contributed by atoms with Gasteiger partial charge in [0.1, 0.15) is 17.5 Å². The zero-order valence-corrected chi connectivity index (χ0v) is 11.1. The van der Waals surface area contributed by atoms with Crippen molar-refractivity contribution >= 4 is 11.6 Å². The van der Waals surface area contributed by atoms with Gasteiger partial charge in [0.15, 0.2) is 0 Å². The highest BCUT2D eigenvalue weighted by molar-refractivity contribution is 6.31. The second kappa shape index (κ2) is 6.26. The zero-order chi connectivity index (χ0) is 14.7. The molecule has 0 saturated carbocycles. The van der Waals surface area contributed by atoms with E-state index in [9.17, 15) is 13.2 Å². The number of nitrogens with one attached hydrogen (secondary N) is 1. The van der Waals surface area contributed by atoms with E-state index in [0.29, 0.717) is 0 Å². The second-order valence-corrected chi connectivity index (χ2v) is 4.70. The van der Waals surface area contributed by atoms with Crippen LogP contribution in [0, 0.1) is 17.5 Å². The lowest BCUT2D eigenvalue weighted by Gasteiger charge is -2.18. The number of benzene rings is 2. The molecule has 2 nitrogen and oxygen atoms in total. The Balaban J connectivity index is 2.36. The Morgan fingerprint density at radius 2 is 1.85 bits per heavy atom. The molecule has 0 spiro atoms. The first-order valence-corrected chi connectivity index (χ1v) is 6.24. The van der Waals surface area contributed by atoms with Gasteiger partial charge in [0.2, 0.25) is 0 Å². The predicted molar refractivity (Wildman–Crippen MR) is 71.5 cm³/mol. The van der Waals surface area contributed by atoms with Crippen molar-refractivity contribution in [3.8, 4) is 0 Å². The average molecular weight is 301 g/mol. The average Bonchev–Trinajstić information content (AvgIpc) is 2.41. The molecule has 20 heavy (non-hydrogen) atoms. The lowest BCUT2D eigenvalue weighted by molar-refractivity contribution is 0.496. The smallest absolute Gasteiger partial charge is 0.129 e. The molecule has 3 N–H and O–H groups in total. The van der Waals surface area contributed by atoms with Crippen molar-refractivity contribution in [2.24, 2.45) is 5.84 Å². The van der Waals surface area contributed by atoms with E-state index in [4.69, 9.17) is 17.4 Å². The maximum atomic E-state index is 13.8. The van der Waals surface area contributed by atoms with E-state index in [1.165, 1.54) is 18.2 Å². The van der Waals surface area contributed by atoms with Crippen LogP contribution in [0.15, 0.2) is 36.4 Å². The van der Waals surface area contributed by atoms with E-state index >= 15 is 0 Å². The molecule has 2 aromatic carbocycles. The first kappa shape index (κ1) is 14.8. The van der Waals surface area contributed by atoms with Crippen LogP contribution >= 0.6 is 11.6 Å². The van der Waals surface area contributed by atoms with Crippen molar-refractivity contribution in [2.45, 2.75) is 12.5 Å². The molecule has 6 heteroatoms. The number of hydrazine groups is 1. The quantitative estimate of drug-likeness (QED) is 0.670. The van der Waals surface area contributed by atoms with Gasteiger partial charge in [0, 0.05) is 10.6 Å². The molecule has 0 bridgehead atoms. The Kier molecular flexibility index (Phi) is 4.65. The normalized spacial score (nSPS) is 12.4. The first-order chi connectivity index (χ1) is 9.52. The van der Waals surface area contributed by atoms with E-state index in [1.54, 1.807) is 0 Å². The van der Waals surface area contributed by atoms with E-state index in [0.717, 1.165) is 18.2 Å². The molecule has 0 amide bonds. The van der Waals surface area contributed by atoms with Gasteiger partial charge in [-0.15, -0.1) is 0 Å². The lowest BCUT2D eigenvalue weighted by Crippen LogP contribution is -2.30. The minimum atomic E-state index is -0.764. The summed E-state index contributed by atoms with van der Waals surface area (Å²) in [6.45, 7) is 0. The summed E-state index contributed by atoms with van der Waals surface area (Å²) in [5, 5.41) is 0.171. The van der Waals surface area contributed by atoms with Gasteiger partial charge in [-0.05, 0) is 42.3 Å². The minimum Gasteiger partial charge on any atom is -0.271 e. The molecule has 0 aliphatic heterocycles. The summed E-state index contributed by atoms with van der Waals surface area (Å²) in [5.41, 5.74) is 2.60. The maximum absolute atomic E-state index is 13.8. The van der Waals surface area contributed by atoms with Crippen LogP contribution in [0.2, 0.25) is 5.02 Å². The van der Waals surface area contributed by atoms with Gasteiger partial charge >= 0.3 is 0 Å². The van der Waals surface area contributed by atoms with Crippen molar-refractivity contribution in [1.82, 2.24) is 5.43 Å². The van der Waals surface area contributed by atoms with Gasteiger partial charge in [-0.1, -0.05) is 17.7 Å². The molecular weight excluding hydrogens is 289 g/mol. The van der Waals surface area contributed by atoms with Crippen LogP contribution in [0.4, 0.5) is 13.2 Å². The largest absolute Gasteiger partial charge is 0.271 e. The highest BCUT2D eigenvalue weighted by Crippen LogP contribution is 2.28. The number of hydrogen-bond acceptors (Lipinski definition) is 2. The van der Waals surface area contributed by atoms with Crippen molar-refractivity contribution in [1.29, 1.82) is 0 Å². The lowest BCUT2D eigenvalue weighted by atomic mass is 9.98. The molecule has 0 heterocycles. The molecule has 1 unspecified atom stereocenters. The molecule has 0 aliphatic carbocycles. The summed E-state index contributed by atoms with van der Waals surface area (Å²) in [6.07, 6.45) is -0.0270. The highest BCUT2D eigenvalue weighted by Gasteiger charge is 2.20. The zero-order valence-electron chi connectivity index (χ0n) is 10.3. The van der Waals surface area contributed by atoms with Crippen LogP contribution in [0.5, 0.6) is 0 Å². The third-order valence-corrected chi connectivity index (χ3v) is 3.31. The van der Waals surface area contributed by atoms with Crippen molar-refractivity contribution in [3.05, 3.63) is 70.0 Å². The molecular formula is C14H12ClF3N2. The summed E-state index contributed by atoms with van der Waals surface area (Å²) >= 11 is 5.94. The SMILES string of the molecule is NNC(Cc1cc(F)ccc1F)c1c(F)cccc1Cl. The van der Waals surface area contributed by atoms with Crippen LogP contribution in [0.3, 0.4) is 0 Å². The fourth-order valence-corrected chi connectivity index (χ4v) is 2.30. The van der Waals surface area contributed by atoms with Gasteiger partial charge in [-0.3, -0.25) is 11.3 Å². The predicted octanol–water partition coefficient (Wildman–Crippen LogP) is 3.50. The fraction of sp³-hybridized carbons (Fsp3) is 0.143. The highest BCUT2D eigenvalue weighted by atomic mass is 35.5. The van der Waals surface area contributed by atoms with Crippen molar-refractivity contribution in [2.75, 3.05) is 0 Å². The van der Waals surface area contributed by atoms with E-state index in [2.05, 4.69) is 5.43 Å². The van der Waals surface area contributed by atoms with E-state index < -0.39 is 23.5 Å². The summed E-state index contributed by atoms with van der Waals surface area (Å²) in [4.78, 5) is 0. The molecule has 0 aliphatic rings. The summed E-state index contributed by atoms with van der Waals surface area (Å²) in [5.74, 6) is 3.67. The third-order valence-electron chi connectivity index (χ3n) is 2.98. The first-order valence-electron chi connectivity index (χ1n) is 5.87. The van der Waals surface area contributed by atoms with E-state index in [-0.39, 0.29) is 22.6 Å². The van der Waals surface area contributed by atoms with E-state index in [1.807, 2.05) is 0 Å². The second-order valence-electron chi connectivity index (χ2n) is 4.29. The van der Waals surface area contributed by atoms with Crippen molar-refractivity contribution in [3.63, 3.8) is 0 Å². The molecule has 0 fully saturated rings. The molecule has 2 aromatic rings. The summed E-state index contributed by atoms with van der Waals surface area (Å²) < 4.78 is 40.6. The van der Waals surface area contributed by atoms with Crippen LogP contribution < -0.4 is 11.3 Å². The van der Waals surface area contributed by atoms with Gasteiger partial charge in [0.05, 0.1) is 6.04 Å².